The summed E-state index contributed by atoms with van der Waals surface area (Å²) in [6, 6.07) is 9.37. The van der Waals surface area contributed by atoms with E-state index in [-0.39, 0.29) is 0 Å². The van der Waals surface area contributed by atoms with Gasteiger partial charge in [-0.1, -0.05) is 11.6 Å². The highest BCUT2D eigenvalue weighted by molar-refractivity contribution is 9.10. The molecule has 0 aliphatic rings. The van der Waals surface area contributed by atoms with Gasteiger partial charge in [0.2, 0.25) is 0 Å². The minimum absolute atomic E-state index is 0.296. The van der Waals surface area contributed by atoms with E-state index >= 15 is 0 Å². The highest BCUT2D eigenvalue weighted by Gasteiger charge is 2.14. The van der Waals surface area contributed by atoms with Crippen molar-refractivity contribution in [2.24, 2.45) is 0 Å². The predicted octanol–water partition coefficient (Wildman–Crippen LogP) is 3.47. The van der Waals surface area contributed by atoms with Crippen molar-refractivity contribution >= 4 is 33.2 Å². The molecule has 1 aromatic heterocycles. The third kappa shape index (κ3) is 2.74. The van der Waals surface area contributed by atoms with E-state index in [4.69, 9.17) is 17.3 Å². The van der Waals surface area contributed by atoms with E-state index in [1.165, 1.54) is 16.8 Å². The minimum Gasteiger partial charge on any atom is -0.399 e. The van der Waals surface area contributed by atoms with Crippen molar-refractivity contribution in [2.45, 2.75) is 0 Å². The SMILES string of the molecule is Nc1cc(F)cc(-c2nnnn2-c2cc(Cl)ccc2Br)c1. The molecule has 0 saturated carbocycles. The summed E-state index contributed by atoms with van der Waals surface area (Å²) in [5.41, 5.74) is 7.08. The molecule has 0 spiro atoms. The Labute approximate surface area is 132 Å². The van der Waals surface area contributed by atoms with Crippen LogP contribution in [0.15, 0.2) is 40.9 Å². The number of nitrogens with two attached hydrogens (primary N) is 1. The quantitative estimate of drug-likeness (QED) is 0.703. The molecule has 2 aromatic carbocycles. The van der Waals surface area contributed by atoms with Gasteiger partial charge in [-0.05, 0) is 62.8 Å². The molecule has 21 heavy (non-hydrogen) atoms. The molecule has 0 aliphatic heterocycles. The number of hydrogen-bond donors (Lipinski definition) is 1. The summed E-state index contributed by atoms with van der Waals surface area (Å²) >= 11 is 9.41. The normalized spacial score (nSPS) is 10.8. The van der Waals surface area contributed by atoms with Crippen LogP contribution in [-0.4, -0.2) is 20.2 Å². The molecular formula is C13H8BrClFN5. The van der Waals surface area contributed by atoms with Gasteiger partial charge >= 0.3 is 0 Å². The summed E-state index contributed by atoms with van der Waals surface area (Å²) < 4.78 is 15.7. The zero-order valence-corrected chi connectivity index (χ0v) is 12.8. The van der Waals surface area contributed by atoms with E-state index in [0.717, 1.165) is 4.47 Å². The van der Waals surface area contributed by atoms with Crippen LogP contribution in [0.2, 0.25) is 5.02 Å². The predicted molar refractivity (Wildman–Crippen MR) is 81.7 cm³/mol. The van der Waals surface area contributed by atoms with Crippen LogP contribution in [-0.2, 0) is 0 Å². The monoisotopic (exact) mass is 367 g/mol. The molecule has 3 rings (SSSR count). The Morgan fingerprint density at radius 1 is 1.19 bits per heavy atom. The van der Waals surface area contributed by atoms with Crippen LogP contribution in [0.25, 0.3) is 17.1 Å². The van der Waals surface area contributed by atoms with Crippen molar-refractivity contribution in [1.82, 2.24) is 20.2 Å². The number of tetrazole rings is 1. The number of nitrogens with zero attached hydrogens (tertiary/aromatic N) is 4. The molecule has 2 N–H and O–H groups in total. The Morgan fingerprint density at radius 2 is 2.00 bits per heavy atom. The molecule has 0 saturated heterocycles. The van der Waals surface area contributed by atoms with Crippen molar-refractivity contribution in [3.8, 4) is 17.1 Å². The second-order valence-electron chi connectivity index (χ2n) is 4.28. The Hall–Kier alpha value is -1.99. The van der Waals surface area contributed by atoms with Crippen LogP contribution in [0.1, 0.15) is 0 Å². The highest BCUT2D eigenvalue weighted by atomic mass is 79.9. The summed E-state index contributed by atoms with van der Waals surface area (Å²) in [5, 5.41) is 12.0. The highest BCUT2D eigenvalue weighted by Crippen LogP contribution is 2.28. The number of rotatable bonds is 2. The first-order chi connectivity index (χ1) is 10.0. The summed E-state index contributed by atoms with van der Waals surface area (Å²) in [6.45, 7) is 0. The molecular weight excluding hydrogens is 361 g/mol. The van der Waals surface area contributed by atoms with E-state index in [0.29, 0.717) is 27.8 Å². The van der Waals surface area contributed by atoms with Gasteiger partial charge in [-0.15, -0.1) is 5.10 Å². The average molecular weight is 369 g/mol. The fourth-order valence-electron chi connectivity index (χ4n) is 1.92. The summed E-state index contributed by atoms with van der Waals surface area (Å²) in [4.78, 5) is 0. The number of aromatic nitrogens is 4. The van der Waals surface area contributed by atoms with Crippen LogP contribution in [0, 0.1) is 5.82 Å². The molecule has 0 aliphatic carbocycles. The zero-order valence-electron chi connectivity index (χ0n) is 10.5. The topological polar surface area (TPSA) is 69.6 Å². The van der Waals surface area contributed by atoms with Gasteiger partial charge in [0, 0.05) is 20.7 Å². The molecule has 0 atom stereocenters. The smallest absolute Gasteiger partial charge is 0.187 e. The number of benzene rings is 2. The first-order valence-electron chi connectivity index (χ1n) is 5.85. The van der Waals surface area contributed by atoms with Crippen molar-refractivity contribution in [3.63, 3.8) is 0 Å². The van der Waals surface area contributed by atoms with Gasteiger partial charge in [0.1, 0.15) is 5.82 Å². The van der Waals surface area contributed by atoms with Crippen molar-refractivity contribution < 1.29 is 4.39 Å². The summed E-state index contributed by atoms with van der Waals surface area (Å²) in [5.74, 6) is -0.0890. The van der Waals surface area contributed by atoms with Crippen LogP contribution in [0.5, 0.6) is 0 Å². The van der Waals surface area contributed by atoms with Crippen molar-refractivity contribution in [3.05, 3.63) is 51.7 Å². The minimum atomic E-state index is -0.454. The fraction of sp³-hybridized carbons (Fsp3) is 0. The second-order valence-corrected chi connectivity index (χ2v) is 5.57. The van der Waals surface area contributed by atoms with Crippen LogP contribution < -0.4 is 5.73 Å². The summed E-state index contributed by atoms with van der Waals surface area (Å²) in [7, 11) is 0. The first kappa shape index (κ1) is 14.0. The average Bonchev–Trinajstić information content (AvgIpc) is 2.89. The van der Waals surface area contributed by atoms with E-state index < -0.39 is 5.82 Å². The largest absolute Gasteiger partial charge is 0.399 e. The first-order valence-corrected chi connectivity index (χ1v) is 7.02. The van der Waals surface area contributed by atoms with Crippen molar-refractivity contribution in [2.75, 3.05) is 5.73 Å². The Kier molecular flexibility index (Phi) is 3.60. The molecule has 1 heterocycles. The zero-order chi connectivity index (χ0) is 15.0. The number of hydrogen-bond acceptors (Lipinski definition) is 4. The lowest BCUT2D eigenvalue weighted by Crippen LogP contribution is -2.01. The van der Waals surface area contributed by atoms with Gasteiger partial charge in [0.25, 0.3) is 0 Å². The van der Waals surface area contributed by atoms with Gasteiger partial charge in [-0.2, -0.15) is 4.68 Å². The lowest BCUT2D eigenvalue weighted by molar-refractivity contribution is 0.628. The molecule has 8 heteroatoms. The molecule has 0 bridgehead atoms. The maximum absolute atomic E-state index is 13.5. The van der Waals surface area contributed by atoms with E-state index in [9.17, 15) is 4.39 Å². The van der Waals surface area contributed by atoms with Crippen LogP contribution in [0.3, 0.4) is 0 Å². The van der Waals surface area contributed by atoms with Gasteiger partial charge < -0.3 is 5.73 Å². The third-order valence-corrected chi connectivity index (χ3v) is 3.69. The van der Waals surface area contributed by atoms with Crippen LogP contribution >= 0.6 is 27.5 Å². The molecule has 0 fully saturated rings. The second kappa shape index (κ2) is 5.42. The maximum atomic E-state index is 13.5. The van der Waals surface area contributed by atoms with Crippen molar-refractivity contribution in [1.29, 1.82) is 0 Å². The van der Waals surface area contributed by atoms with Gasteiger partial charge in [-0.3, -0.25) is 0 Å². The number of halogens is 3. The van der Waals surface area contributed by atoms with E-state index in [1.807, 2.05) is 0 Å². The van der Waals surface area contributed by atoms with Gasteiger partial charge in [0.05, 0.1) is 5.69 Å². The lowest BCUT2D eigenvalue weighted by Gasteiger charge is -2.08. The Morgan fingerprint density at radius 3 is 2.76 bits per heavy atom. The number of anilines is 1. The summed E-state index contributed by atoms with van der Waals surface area (Å²) in [6.07, 6.45) is 0. The van der Waals surface area contributed by atoms with Crippen LogP contribution in [0.4, 0.5) is 10.1 Å². The standard InChI is InChI=1S/C13H8BrClFN5/c14-11-2-1-8(15)5-12(11)21-13(18-19-20-21)7-3-9(16)6-10(17)4-7/h1-6H,17H2. The molecule has 0 amide bonds. The molecule has 3 aromatic rings. The van der Waals surface area contributed by atoms with Gasteiger partial charge in [0.15, 0.2) is 5.82 Å². The Bertz CT molecular complexity index is 800. The lowest BCUT2D eigenvalue weighted by atomic mass is 10.2. The molecule has 0 radical (unpaired) electrons. The van der Waals surface area contributed by atoms with Gasteiger partial charge in [-0.25, -0.2) is 4.39 Å². The third-order valence-electron chi connectivity index (χ3n) is 2.78. The number of nitrogen functional groups attached to an aromatic ring is 1. The molecule has 106 valence electrons. The van der Waals surface area contributed by atoms with E-state index in [2.05, 4.69) is 31.5 Å². The fourth-order valence-corrected chi connectivity index (χ4v) is 2.50. The maximum Gasteiger partial charge on any atom is 0.187 e. The Balaban J connectivity index is 2.19. The van der Waals surface area contributed by atoms with E-state index in [1.54, 1.807) is 24.3 Å². The molecule has 5 nitrogen and oxygen atoms in total. The molecule has 0 unspecified atom stereocenters.